The highest BCUT2D eigenvalue weighted by Crippen LogP contribution is 2.18. The Kier molecular flexibility index (Phi) is 6.19. The van der Waals surface area contributed by atoms with Gasteiger partial charge in [-0.05, 0) is 31.2 Å². The van der Waals surface area contributed by atoms with E-state index in [2.05, 4.69) is 10.6 Å². The minimum Gasteiger partial charge on any atom is -0.497 e. The number of hydrogen-bond acceptors (Lipinski definition) is 5. The molecular weight excluding hydrogens is 308 g/mol. The monoisotopic (exact) mass is 328 g/mol. The SMILES string of the molecule is CCOC(=O)c1ccccc1NCC(=O)Nc1cccc(OC)c1. The smallest absolute Gasteiger partial charge is 0.340 e. The maximum Gasteiger partial charge on any atom is 0.340 e. The van der Waals surface area contributed by atoms with Crippen molar-refractivity contribution in [1.29, 1.82) is 0 Å². The molecule has 1 amide bonds. The molecule has 0 radical (unpaired) electrons. The first kappa shape index (κ1) is 17.3. The lowest BCUT2D eigenvalue weighted by Crippen LogP contribution is -2.22. The standard InChI is InChI=1S/C18H20N2O4/c1-3-24-18(22)15-9-4-5-10-16(15)19-12-17(21)20-13-7-6-8-14(11-13)23-2/h4-11,19H,3,12H2,1-2H3,(H,20,21). The number of rotatable bonds is 7. The van der Waals surface area contributed by atoms with E-state index in [1.54, 1.807) is 62.6 Å². The summed E-state index contributed by atoms with van der Waals surface area (Å²) >= 11 is 0. The van der Waals surface area contributed by atoms with Gasteiger partial charge in [-0.3, -0.25) is 4.79 Å². The van der Waals surface area contributed by atoms with Crippen molar-refractivity contribution in [2.75, 3.05) is 30.9 Å². The highest BCUT2D eigenvalue weighted by molar-refractivity contribution is 5.98. The molecular formula is C18H20N2O4. The molecule has 0 aliphatic carbocycles. The second kappa shape index (κ2) is 8.57. The molecule has 0 bridgehead atoms. The molecule has 0 atom stereocenters. The molecule has 2 aromatic rings. The van der Waals surface area contributed by atoms with E-state index in [0.29, 0.717) is 29.3 Å². The number of carbonyl (C=O) groups excluding carboxylic acids is 2. The van der Waals surface area contributed by atoms with Crippen LogP contribution in [0.5, 0.6) is 5.75 Å². The van der Waals surface area contributed by atoms with E-state index in [9.17, 15) is 9.59 Å². The van der Waals surface area contributed by atoms with Gasteiger partial charge in [0.25, 0.3) is 0 Å². The van der Waals surface area contributed by atoms with E-state index >= 15 is 0 Å². The van der Waals surface area contributed by atoms with Gasteiger partial charge in [0, 0.05) is 17.4 Å². The fourth-order valence-electron chi connectivity index (χ4n) is 2.11. The molecule has 0 aromatic heterocycles. The summed E-state index contributed by atoms with van der Waals surface area (Å²) in [5, 5.41) is 5.72. The van der Waals surface area contributed by atoms with Gasteiger partial charge < -0.3 is 20.1 Å². The Morgan fingerprint density at radius 2 is 1.88 bits per heavy atom. The number of anilines is 2. The molecule has 6 heteroatoms. The minimum absolute atomic E-state index is 0.0215. The maximum atomic E-state index is 12.1. The molecule has 0 heterocycles. The van der Waals surface area contributed by atoms with Crippen molar-refractivity contribution in [2.45, 2.75) is 6.92 Å². The lowest BCUT2D eigenvalue weighted by Gasteiger charge is -2.12. The van der Waals surface area contributed by atoms with Crippen molar-refractivity contribution in [2.24, 2.45) is 0 Å². The van der Waals surface area contributed by atoms with E-state index in [-0.39, 0.29) is 12.5 Å². The molecule has 2 rings (SSSR count). The topological polar surface area (TPSA) is 76.7 Å². The highest BCUT2D eigenvalue weighted by atomic mass is 16.5. The normalized spacial score (nSPS) is 9.92. The number of hydrogen-bond donors (Lipinski definition) is 2. The predicted molar refractivity (Wildman–Crippen MR) is 92.5 cm³/mol. The molecule has 0 spiro atoms. The van der Waals surface area contributed by atoms with Gasteiger partial charge in [-0.2, -0.15) is 0 Å². The number of para-hydroxylation sites is 1. The molecule has 0 saturated carbocycles. The summed E-state index contributed by atoms with van der Waals surface area (Å²) in [5.41, 5.74) is 1.59. The first-order valence-corrected chi connectivity index (χ1v) is 7.58. The largest absolute Gasteiger partial charge is 0.497 e. The molecule has 126 valence electrons. The van der Waals surface area contributed by atoms with Crippen molar-refractivity contribution in [3.8, 4) is 5.75 Å². The molecule has 6 nitrogen and oxygen atoms in total. The first-order chi connectivity index (χ1) is 11.6. The second-order valence-corrected chi connectivity index (χ2v) is 4.90. The van der Waals surface area contributed by atoms with Gasteiger partial charge in [0.05, 0.1) is 25.8 Å². The number of esters is 1. The van der Waals surface area contributed by atoms with E-state index in [1.165, 1.54) is 0 Å². The molecule has 2 N–H and O–H groups in total. The summed E-state index contributed by atoms with van der Waals surface area (Å²) in [6, 6.07) is 14.0. The fraction of sp³-hybridized carbons (Fsp3) is 0.222. The first-order valence-electron chi connectivity index (χ1n) is 7.58. The van der Waals surface area contributed by atoms with Gasteiger partial charge in [-0.1, -0.05) is 18.2 Å². The van der Waals surface area contributed by atoms with E-state index in [1.807, 2.05) is 0 Å². The molecule has 0 saturated heterocycles. The van der Waals surface area contributed by atoms with Crippen LogP contribution in [-0.2, 0) is 9.53 Å². The van der Waals surface area contributed by atoms with Gasteiger partial charge in [0.15, 0.2) is 0 Å². The number of ether oxygens (including phenoxy) is 2. The van der Waals surface area contributed by atoms with Crippen LogP contribution in [-0.4, -0.2) is 32.1 Å². The van der Waals surface area contributed by atoms with Crippen LogP contribution in [0.4, 0.5) is 11.4 Å². The number of nitrogens with one attached hydrogen (secondary N) is 2. The third-order valence-electron chi connectivity index (χ3n) is 3.22. The number of methoxy groups -OCH3 is 1. The number of benzene rings is 2. The molecule has 0 aliphatic rings. The quantitative estimate of drug-likeness (QED) is 0.764. The Labute approximate surface area is 140 Å². The average Bonchev–Trinajstić information content (AvgIpc) is 2.60. The molecule has 0 unspecified atom stereocenters. The van der Waals surface area contributed by atoms with Crippen LogP contribution in [0.2, 0.25) is 0 Å². The third-order valence-corrected chi connectivity index (χ3v) is 3.22. The zero-order valence-corrected chi connectivity index (χ0v) is 13.7. The van der Waals surface area contributed by atoms with Gasteiger partial charge >= 0.3 is 5.97 Å². The summed E-state index contributed by atoms with van der Waals surface area (Å²) in [6.45, 7) is 2.06. The van der Waals surface area contributed by atoms with Crippen molar-refractivity contribution >= 4 is 23.3 Å². The minimum atomic E-state index is -0.422. The van der Waals surface area contributed by atoms with Crippen molar-refractivity contribution < 1.29 is 19.1 Å². The second-order valence-electron chi connectivity index (χ2n) is 4.90. The number of carbonyl (C=O) groups is 2. The van der Waals surface area contributed by atoms with Crippen LogP contribution >= 0.6 is 0 Å². The lowest BCUT2D eigenvalue weighted by atomic mass is 10.2. The van der Waals surface area contributed by atoms with Crippen LogP contribution in [0.25, 0.3) is 0 Å². The Morgan fingerprint density at radius 1 is 1.08 bits per heavy atom. The van der Waals surface area contributed by atoms with E-state index in [4.69, 9.17) is 9.47 Å². The summed E-state index contributed by atoms with van der Waals surface area (Å²) in [4.78, 5) is 24.0. The van der Waals surface area contributed by atoms with Gasteiger partial charge in [-0.15, -0.1) is 0 Å². The Balaban J connectivity index is 1.98. The van der Waals surface area contributed by atoms with Gasteiger partial charge in [0.2, 0.25) is 5.91 Å². The molecule has 0 fully saturated rings. The highest BCUT2D eigenvalue weighted by Gasteiger charge is 2.12. The van der Waals surface area contributed by atoms with E-state index < -0.39 is 5.97 Å². The summed E-state index contributed by atoms with van der Waals surface area (Å²) in [5.74, 6) is 0.00383. The van der Waals surface area contributed by atoms with Crippen LogP contribution in [0, 0.1) is 0 Å². The summed E-state index contributed by atoms with van der Waals surface area (Å²) < 4.78 is 10.1. The Morgan fingerprint density at radius 3 is 2.62 bits per heavy atom. The predicted octanol–water partition coefficient (Wildman–Crippen LogP) is 2.92. The van der Waals surface area contributed by atoms with Crippen molar-refractivity contribution in [3.63, 3.8) is 0 Å². The molecule has 2 aromatic carbocycles. The third kappa shape index (κ3) is 4.74. The molecule has 24 heavy (non-hydrogen) atoms. The summed E-state index contributed by atoms with van der Waals surface area (Å²) in [6.07, 6.45) is 0. The molecule has 0 aliphatic heterocycles. The van der Waals surface area contributed by atoms with E-state index in [0.717, 1.165) is 0 Å². The zero-order valence-electron chi connectivity index (χ0n) is 13.7. The summed E-state index contributed by atoms with van der Waals surface area (Å²) in [7, 11) is 1.56. The van der Waals surface area contributed by atoms with Gasteiger partial charge in [0.1, 0.15) is 5.75 Å². The average molecular weight is 328 g/mol. The lowest BCUT2D eigenvalue weighted by molar-refractivity contribution is -0.114. The Hall–Kier alpha value is -3.02. The zero-order chi connectivity index (χ0) is 17.4. The maximum absolute atomic E-state index is 12.1. The van der Waals surface area contributed by atoms with Crippen LogP contribution < -0.4 is 15.4 Å². The van der Waals surface area contributed by atoms with Crippen LogP contribution in [0.3, 0.4) is 0 Å². The Bertz CT molecular complexity index is 716. The van der Waals surface area contributed by atoms with Crippen molar-refractivity contribution in [3.05, 3.63) is 54.1 Å². The van der Waals surface area contributed by atoms with Crippen LogP contribution in [0.1, 0.15) is 17.3 Å². The fourth-order valence-corrected chi connectivity index (χ4v) is 2.11. The van der Waals surface area contributed by atoms with Crippen molar-refractivity contribution in [1.82, 2.24) is 0 Å². The van der Waals surface area contributed by atoms with Crippen LogP contribution in [0.15, 0.2) is 48.5 Å². The van der Waals surface area contributed by atoms with Gasteiger partial charge in [-0.25, -0.2) is 4.79 Å². The number of amides is 1.